The van der Waals surface area contributed by atoms with Crippen LogP contribution in [0.5, 0.6) is 0 Å². The second-order valence-corrected chi connectivity index (χ2v) is 8.33. The lowest BCUT2D eigenvalue weighted by atomic mass is 9.79. The van der Waals surface area contributed by atoms with E-state index in [1.165, 1.54) is 0 Å². The molecule has 4 aliphatic rings. The number of carbonyl (C=O) groups excluding carboxylic acids is 1. The molecule has 1 N–H and O–H groups in total. The van der Waals surface area contributed by atoms with E-state index in [-0.39, 0.29) is 30.0 Å². The van der Waals surface area contributed by atoms with Crippen LogP contribution >= 0.6 is 0 Å². The molecule has 0 amide bonds. The third-order valence-corrected chi connectivity index (χ3v) is 6.85. The lowest BCUT2D eigenvalue weighted by Gasteiger charge is -2.46. The molecule has 5 atom stereocenters. The summed E-state index contributed by atoms with van der Waals surface area (Å²) < 4.78 is 17.3. The monoisotopic (exact) mass is 389 g/mol. The zero-order chi connectivity index (χ0) is 20.0. The molecule has 0 radical (unpaired) electrons. The molecule has 0 aromatic carbocycles. The molecule has 0 aliphatic carbocycles. The second-order valence-electron chi connectivity index (χ2n) is 8.33. The summed E-state index contributed by atoms with van der Waals surface area (Å²) in [6, 6.07) is 0.538. The van der Waals surface area contributed by atoms with Crippen LogP contribution in [0.25, 0.3) is 0 Å². The van der Waals surface area contributed by atoms with E-state index in [1.54, 1.807) is 14.0 Å². The van der Waals surface area contributed by atoms with Gasteiger partial charge in [-0.25, -0.2) is 4.79 Å². The van der Waals surface area contributed by atoms with Crippen LogP contribution in [-0.4, -0.2) is 47.8 Å². The topological polar surface area (TPSA) is 68.2 Å². The molecule has 0 aromatic rings. The van der Waals surface area contributed by atoms with Gasteiger partial charge in [0.2, 0.25) is 5.76 Å². The van der Waals surface area contributed by atoms with Gasteiger partial charge in [-0.3, -0.25) is 4.90 Å². The number of ether oxygens (including phenoxy) is 3. The minimum absolute atomic E-state index is 0.0771. The van der Waals surface area contributed by atoms with Gasteiger partial charge in [-0.05, 0) is 38.7 Å². The van der Waals surface area contributed by atoms with Crippen LogP contribution in [0.2, 0.25) is 0 Å². The molecule has 0 saturated carbocycles. The third kappa shape index (κ3) is 2.98. The Balaban J connectivity index is 1.69. The summed E-state index contributed by atoms with van der Waals surface area (Å²) in [5.41, 5.74) is 0.479. The van der Waals surface area contributed by atoms with E-state index in [9.17, 15) is 9.90 Å². The van der Waals surface area contributed by atoms with Crippen LogP contribution in [0.4, 0.5) is 0 Å². The highest BCUT2D eigenvalue weighted by atomic mass is 16.6. The minimum atomic E-state index is -0.373. The number of esters is 1. The number of rotatable bonds is 3. The third-order valence-electron chi connectivity index (χ3n) is 6.85. The van der Waals surface area contributed by atoms with Crippen LogP contribution in [0.3, 0.4) is 0 Å². The van der Waals surface area contributed by atoms with Crippen molar-refractivity contribution in [1.82, 2.24) is 4.90 Å². The standard InChI is InChI=1S/C22H31NO5/c1-5-16(24)14-8-6-9-15-18-12(2)20(27-17(18)10-7-11-23(14)15)21-19(26-4)13(3)22(25)28-21/h10,12,14-16,18,24H,5-9,11H2,1-4H3/b21-20+/t12-,14-,15-,16-,18+/m0/s1. The first-order valence-corrected chi connectivity index (χ1v) is 10.5. The SMILES string of the molecule is CC[C@H](O)[C@@H]1CCC[C@H]2[C@@H]3C(=CCCN21)O/C(=C1/OC(=O)C(C)=C1OC)[C@H]3C. The van der Waals surface area contributed by atoms with Gasteiger partial charge >= 0.3 is 5.97 Å². The van der Waals surface area contributed by atoms with Crippen molar-refractivity contribution in [2.24, 2.45) is 11.8 Å². The number of hydrogen-bond acceptors (Lipinski definition) is 6. The lowest BCUT2D eigenvalue weighted by molar-refractivity contribution is -0.133. The molecule has 4 rings (SSSR count). The highest BCUT2D eigenvalue weighted by molar-refractivity contribution is 5.93. The van der Waals surface area contributed by atoms with Gasteiger partial charge in [0.25, 0.3) is 0 Å². The first kappa shape index (κ1) is 19.5. The molecular weight excluding hydrogens is 358 g/mol. The average Bonchev–Trinajstić information content (AvgIpc) is 3.08. The largest absolute Gasteiger partial charge is 0.492 e. The molecule has 2 saturated heterocycles. The molecule has 4 heterocycles. The van der Waals surface area contributed by atoms with E-state index in [2.05, 4.69) is 24.8 Å². The molecule has 28 heavy (non-hydrogen) atoms. The summed E-state index contributed by atoms with van der Waals surface area (Å²) in [5.74, 6) is 2.48. The number of fused-ring (bicyclic) bond motifs is 3. The summed E-state index contributed by atoms with van der Waals surface area (Å²) in [4.78, 5) is 14.6. The molecular formula is C22H31NO5. The number of piperidine rings is 1. The van der Waals surface area contributed by atoms with Crippen LogP contribution < -0.4 is 0 Å². The minimum Gasteiger partial charge on any atom is -0.492 e. The Hall–Kier alpha value is -1.79. The maximum atomic E-state index is 12.1. The number of carbonyl (C=O) groups is 1. The van der Waals surface area contributed by atoms with Crippen molar-refractivity contribution in [3.8, 4) is 0 Å². The van der Waals surface area contributed by atoms with E-state index in [4.69, 9.17) is 14.2 Å². The van der Waals surface area contributed by atoms with Gasteiger partial charge in [-0.15, -0.1) is 0 Å². The Morgan fingerprint density at radius 3 is 2.86 bits per heavy atom. The molecule has 6 heteroatoms. The fraction of sp³-hybridized carbons (Fsp3) is 0.682. The maximum Gasteiger partial charge on any atom is 0.343 e. The Kier molecular flexibility index (Phi) is 5.27. The first-order chi connectivity index (χ1) is 13.5. The summed E-state index contributed by atoms with van der Waals surface area (Å²) in [5, 5.41) is 10.6. The first-order valence-electron chi connectivity index (χ1n) is 10.5. The zero-order valence-corrected chi connectivity index (χ0v) is 17.2. The predicted molar refractivity (Wildman–Crippen MR) is 104 cm³/mol. The Bertz CT molecular complexity index is 752. The van der Waals surface area contributed by atoms with Crippen molar-refractivity contribution in [2.45, 2.75) is 71.1 Å². The highest BCUT2D eigenvalue weighted by Gasteiger charge is 2.49. The fourth-order valence-corrected chi connectivity index (χ4v) is 5.41. The van der Waals surface area contributed by atoms with Crippen LogP contribution in [0, 0.1) is 11.8 Å². The molecule has 0 spiro atoms. The lowest BCUT2D eigenvalue weighted by Crippen LogP contribution is -2.54. The number of aliphatic hydroxyl groups excluding tert-OH is 1. The van der Waals surface area contributed by atoms with Crippen molar-refractivity contribution >= 4 is 5.97 Å². The Morgan fingerprint density at radius 1 is 1.36 bits per heavy atom. The number of cyclic esters (lactones) is 1. The summed E-state index contributed by atoms with van der Waals surface area (Å²) in [7, 11) is 1.55. The zero-order valence-electron chi connectivity index (χ0n) is 17.2. The Labute approximate surface area is 166 Å². The molecule has 4 aliphatic heterocycles. The van der Waals surface area contributed by atoms with Gasteiger partial charge in [0.1, 0.15) is 5.76 Å². The van der Waals surface area contributed by atoms with E-state index < -0.39 is 0 Å². The molecule has 0 unspecified atom stereocenters. The van der Waals surface area contributed by atoms with Crippen LogP contribution in [0.15, 0.2) is 34.7 Å². The van der Waals surface area contributed by atoms with Gasteiger partial charge < -0.3 is 19.3 Å². The van der Waals surface area contributed by atoms with Crippen molar-refractivity contribution in [3.63, 3.8) is 0 Å². The summed E-state index contributed by atoms with van der Waals surface area (Å²) >= 11 is 0. The van der Waals surface area contributed by atoms with Crippen molar-refractivity contribution < 1.29 is 24.1 Å². The van der Waals surface area contributed by atoms with Crippen molar-refractivity contribution in [3.05, 3.63) is 34.7 Å². The van der Waals surface area contributed by atoms with E-state index in [0.29, 0.717) is 28.9 Å². The van der Waals surface area contributed by atoms with E-state index in [0.717, 1.165) is 44.4 Å². The molecule has 154 valence electrons. The molecule has 0 bridgehead atoms. The van der Waals surface area contributed by atoms with Crippen molar-refractivity contribution in [1.29, 1.82) is 0 Å². The summed E-state index contributed by atoms with van der Waals surface area (Å²) in [6.07, 6.45) is 6.82. The molecule has 2 fully saturated rings. The van der Waals surface area contributed by atoms with Gasteiger partial charge in [0.05, 0.1) is 18.8 Å². The highest BCUT2D eigenvalue weighted by Crippen LogP contribution is 2.49. The van der Waals surface area contributed by atoms with Crippen LogP contribution in [-0.2, 0) is 19.0 Å². The maximum absolute atomic E-state index is 12.1. The van der Waals surface area contributed by atoms with Crippen LogP contribution in [0.1, 0.15) is 52.9 Å². The van der Waals surface area contributed by atoms with Gasteiger partial charge in [-0.2, -0.15) is 0 Å². The fourth-order valence-electron chi connectivity index (χ4n) is 5.41. The number of nitrogens with zero attached hydrogens (tertiary/aromatic N) is 1. The smallest absolute Gasteiger partial charge is 0.343 e. The quantitative estimate of drug-likeness (QED) is 0.748. The Morgan fingerprint density at radius 2 is 2.14 bits per heavy atom. The molecule has 6 nitrogen and oxygen atoms in total. The van der Waals surface area contributed by atoms with Gasteiger partial charge in [0.15, 0.2) is 11.5 Å². The van der Waals surface area contributed by atoms with Crippen molar-refractivity contribution in [2.75, 3.05) is 13.7 Å². The summed E-state index contributed by atoms with van der Waals surface area (Å²) in [6.45, 7) is 6.86. The second kappa shape index (κ2) is 7.56. The number of hydrogen-bond donors (Lipinski definition) is 1. The normalized spacial score (nSPS) is 36.9. The number of aliphatic hydroxyl groups is 1. The number of methoxy groups -OCH3 is 1. The van der Waals surface area contributed by atoms with Gasteiger partial charge in [-0.1, -0.05) is 20.3 Å². The number of allylic oxidation sites excluding steroid dienone is 1. The predicted octanol–water partition coefficient (Wildman–Crippen LogP) is 3.24. The van der Waals surface area contributed by atoms with E-state index >= 15 is 0 Å². The van der Waals surface area contributed by atoms with Gasteiger partial charge in [0, 0.05) is 30.5 Å². The molecule has 0 aromatic heterocycles. The average molecular weight is 389 g/mol. The van der Waals surface area contributed by atoms with E-state index in [1.807, 2.05) is 0 Å².